The molecular weight excluding hydrogens is 308 g/mol. The van der Waals surface area contributed by atoms with Crippen LogP contribution in [0, 0.1) is 31.1 Å². The van der Waals surface area contributed by atoms with Gasteiger partial charge in [-0.2, -0.15) is 5.26 Å². The summed E-state index contributed by atoms with van der Waals surface area (Å²) in [4.78, 5) is 23.6. The molecule has 0 saturated heterocycles. The molecule has 0 spiro atoms. The number of carbonyl (C=O) groups is 2. The van der Waals surface area contributed by atoms with Crippen LogP contribution in [0.2, 0.25) is 0 Å². The minimum absolute atomic E-state index is 0.176. The highest BCUT2D eigenvalue weighted by atomic mass is 16.6. The van der Waals surface area contributed by atoms with Crippen LogP contribution in [0.25, 0.3) is 0 Å². The second-order valence-electron chi connectivity index (χ2n) is 6.28. The Morgan fingerprint density at radius 3 is 2.67 bits per heavy atom. The van der Waals surface area contributed by atoms with E-state index in [9.17, 15) is 14.9 Å². The van der Waals surface area contributed by atoms with Gasteiger partial charge in [0.25, 0.3) is 5.91 Å². The number of rotatable bonds is 7. The fourth-order valence-electron chi connectivity index (χ4n) is 2.41. The highest BCUT2D eigenvalue weighted by molar-refractivity contribution is 5.81. The summed E-state index contributed by atoms with van der Waals surface area (Å²) < 4.78 is 10.3. The molecule has 0 bridgehead atoms. The molecule has 1 amide bonds. The summed E-state index contributed by atoms with van der Waals surface area (Å²) >= 11 is 0. The molecule has 1 N–H and O–H groups in total. The predicted octanol–water partition coefficient (Wildman–Crippen LogP) is 2.03. The smallest absolute Gasteiger partial charge is 0.344 e. The fraction of sp³-hybridized carbons (Fsp3) is 0.500. The highest BCUT2D eigenvalue weighted by Crippen LogP contribution is 2.39. The minimum atomic E-state index is -0.890. The van der Waals surface area contributed by atoms with Crippen molar-refractivity contribution in [1.82, 2.24) is 5.32 Å². The molecular formula is C18H22N2O4. The van der Waals surface area contributed by atoms with E-state index in [4.69, 9.17) is 9.47 Å². The third kappa shape index (κ3) is 4.48. The second kappa shape index (κ2) is 7.35. The number of carbonyl (C=O) groups excluding carboxylic acids is 2. The second-order valence-corrected chi connectivity index (χ2v) is 6.28. The maximum atomic E-state index is 11.8. The number of nitrogens with one attached hydrogen (secondary N) is 1. The van der Waals surface area contributed by atoms with Crippen LogP contribution in [0.1, 0.15) is 30.9 Å². The van der Waals surface area contributed by atoms with Crippen LogP contribution >= 0.6 is 0 Å². The first-order valence-corrected chi connectivity index (χ1v) is 7.92. The topological polar surface area (TPSA) is 88.4 Å². The molecule has 1 atom stereocenters. The van der Waals surface area contributed by atoms with Crippen molar-refractivity contribution in [3.05, 3.63) is 29.3 Å². The van der Waals surface area contributed by atoms with Gasteiger partial charge in [0.05, 0.1) is 6.07 Å². The van der Waals surface area contributed by atoms with Gasteiger partial charge in [-0.05, 0) is 56.7 Å². The summed E-state index contributed by atoms with van der Waals surface area (Å²) in [7, 11) is 0. The minimum Gasteiger partial charge on any atom is -0.482 e. The molecule has 24 heavy (non-hydrogen) atoms. The Hall–Kier alpha value is -2.55. The molecule has 6 nitrogen and oxygen atoms in total. The van der Waals surface area contributed by atoms with E-state index in [1.807, 2.05) is 26.0 Å². The van der Waals surface area contributed by atoms with E-state index in [-0.39, 0.29) is 12.5 Å². The normalized spacial score (nSPS) is 15.8. The first-order chi connectivity index (χ1) is 11.4. The van der Waals surface area contributed by atoms with Crippen molar-refractivity contribution in [2.75, 3.05) is 13.2 Å². The molecule has 0 unspecified atom stereocenters. The number of esters is 1. The largest absolute Gasteiger partial charge is 0.482 e. The van der Waals surface area contributed by atoms with Gasteiger partial charge in [0.2, 0.25) is 0 Å². The van der Waals surface area contributed by atoms with Gasteiger partial charge in [-0.3, -0.25) is 4.79 Å². The van der Waals surface area contributed by atoms with Gasteiger partial charge < -0.3 is 14.8 Å². The lowest BCUT2D eigenvalue weighted by molar-refractivity contribution is -0.150. The quantitative estimate of drug-likeness (QED) is 0.773. The van der Waals surface area contributed by atoms with Gasteiger partial charge in [-0.1, -0.05) is 12.1 Å². The average Bonchev–Trinajstić information content (AvgIpc) is 3.39. The van der Waals surface area contributed by atoms with Crippen LogP contribution in [-0.2, 0) is 14.3 Å². The van der Waals surface area contributed by atoms with Crippen molar-refractivity contribution >= 4 is 11.9 Å². The molecule has 0 aromatic heterocycles. The van der Waals surface area contributed by atoms with E-state index < -0.39 is 24.0 Å². The van der Waals surface area contributed by atoms with E-state index in [0.29, 0.717) is 5.75 Å². The van der Waals surface area contributed by atoms with E-state index in [0.717, 1.165) is 24.0 Å². The van der Waals surface area contributed by atoms with Crippen molar-refractivity contribution in [3.8, 4) is 11.8 Å². The lowest BCUT2D eigenvalue weighted by Gasteiger charge is -2.22. The Kier molecular flexibility index (Phi) is 5.45. The molecule has 0 radical (unpaired) electrons. The van der Waals surface area contributed by atoms with E-state index in [1.54, 1.807) is 13.0 Å². The van der Waals surface area contributed by atoms with E-state index in [2.05, 4.69) is 11.4 Å². The SMILES string of the molecule is Cc1cccc(OCC(=O)OCC(=O)N[C@@](C)(C#N)C2CC2)c1C. The van der Waals surface area contributed by atoms with Crippen LogP contribution in [0.4, 0.5) is 0 Å². The summed E-state index contributed by atoms with van der Waals surface area (Å²) in [5.74, 6) is -0.320. The predicted molar refractivity (Wildman–Crippen MR) is 87.3 cm³/mol. The number of ether oxygens (including phenoxy) is 2. The van der Waals surface area contributed by atoms with Crippen LogP contribution in [0.5, 0.6) is 5.75 Å². The number of hydrogen-bond donors (Lipinski definition) is 1. The Morgan fingerprint density at radius 1 is 1.33 bits per heavy atom. The average molecular weight is 330 g/mol. The van der Waals surface area contributed by atoms with Gasteiger partial charge in [0, 0.05) is 0 Å². The van der Waals surface area contributed by atoms with Crippen molar-refractivity contribution in [2.45, 2.75) is 39.2 Å². The molecule has 128 valence electrons. The molecule has 1 aliphatic rings. The third-order valence-corrected chi connectivity index (χ3v) is 4.29. The van der Waals surface area contributed by atoms with Crippen LogP contribution in [0.15, 0.2) is 18.2 Å². The third-order valence-electron chi connectivity index (χ3n) is 4.29. The summed E-state index contributed by atoms with van der Waals surface area (Å²) in [6, 6.07) is 7.69. The van der Waals surface area contributed by atoms with Crippen molar-refractivity contribution in [1.29, 1.82) is 5.26 Å². The first kappa shape index (κ1) is 17.8. The fourth-order valence-corrected chi connectivity index (χ4v) is 2.41. The summed E-state index contributed by atoms with van der Waals surface area (Å²) in [5, 5.41) is 11.8. The summed E-state index contributed by atoms with van der Waals surface area (Å²) in [6.07, 6.45) is 1.85. The number of aryl methyl sites for hydroxylation is 1. The van der Waals surface area contributed by atoms with Gasteiger partial charge in [-0.25, -0.2) is 4.79 Å². The van der Waals surface area contributed by atoms with E-state index in [1.165, 1.54) is 0 Å². The molecule has 2 rings (SSSR count). The Labute approximate surface area is 141 Å². The molecule has 6 heteroatoms. The van der Waals surface area contributed by atoms with Crippen molar-refractivity contribution in [2.24, 2.45) is 5.92 Å². The van der Waals surface area contributed by atoms with Gasteiger partial charge >= 0.3 is 5.97 Å². The van der Waals surface area contributed by atoms with Crippen LogP contribution in [0.3, 0.4) is 0 Å². The van der Waals surface area contributed by atoms with Gasteiger partial charge in [-0.15, -0.1) is 0 Å². The van der Waals surface area contributed by atoms with Gasteiger partial charge in [0.1, 0.15) is 11.3 Å². The number of amides is 1. The molecule has 0 aliphatic heterocycles. The zero-order valence-corrected chi connectivity index (χ0v) is 14.2. The number of hydrogen-bond acceptors (Lipinski definition) is 5. The number of benzene rings is 1. The van der Waals surface area contributed by atoms with Crippen molar-refractivity contribution in [3.63, 3.8) is 0 Å². The van der Waals surface area contributed by atoms with Crippen molar-refractivity contribution < 1.29 is 19.1 Å². The zero-order valence-electron chi connectivity index (χ0n) is 14.2. The Bertz CT molecular complexity index is 676. The number of nitriles is 1. The first-order valence-electron chi connectivity index (χ1n) is 7.92. The Balaban J connectivity index is 1.76. The Morgan fingerprint density at radius 2 is 2.04 bits per heavy atom. The lowest BCUT2D eigenvalue weighted by atomic mass is 9.98. The summed E-state index contributed by atoms with van der Waals surface area (Å²) in [6.45, 7) is 4.86. The van der Waals surface area contributed by atoms with Gasteiger partial charge in [0.15, 0.2) is 13.2 Å². The molecule has 0 heterocycles. The molecule has 1 fully saturated rings. The standard InChI is InChI=1S/C18H22N2O4/c1-12-5-4-6-15(13(12)2)23-10-17(22)24-9-16(21)20-18(3,11-19)14-7-8-14/h4-6,14H,7-10H2,1-3H3,(H,20,21)/t18-/m0/s1. The van der Waals surface area contributed by atoms with E-state index >= 15 is 0 Å². The number of nitrogens with zero attached hydrogens (tertiary/aromatic N) is 1. The van der Waals surface area contributed by atoms with Crippen LogP contribution in [-0.4, -0.2) is 30.6 Å². The lowest BCUT2D eigenvalue weighted by Crippen LogP contribution is -2.48. The molecule has 1 aliphatic carbocycles. The molecule has 1 saturated carbocycles. The van der Waals surface area contributed by atoms with Crippen LogP contribution < -0.4 is 10.1 Å². The monoisotopic (exact) mass is 330 g/mol. The molecule has 1 aromatic rings. The molecule has 1 aromatic carbocycles. The maximum absolute atomic E-state index is 11.8. The maximum Gasteiger partial charge on any atom is 0.344 e. The summed E-state index contributed by atoms with van der Waals surface area (Å²) in [5.41, 5.74) is 1.13. The zero-order chi connectivity index (χ0) is 17.7. The highest BCUT2D eigenvalue weighted by Gasteiger charge is 2.43.